The van der Waals surface area contributed by atoms with Gasteiger partial charge in [0.2, 0.25) is 0 Å². The second-order valence-electron chi connectivity index (χ2n) is 2.61. The molecule has 0 saturated carbocycles. The quantitative estimate of drug-likeness (QED) is 0.366. The van der Waals surface area contributed by atoms with Crippen LogP contribution in [0.5, 0.6) is 0 Å². The molecule has 0 aromatic heterocycles. The molecule has 1 aliphatic rings. The van der Waals surface area contributed by atoms with E-state index in [0.29, 0.717) is 6.61 Å². The van der Waals surface area contributed by atoms with Crippen molar-refractivity contribution in [2.45, 2.75) is 6.42 Å². The summed E-state index contributed by atoms with van der Waals surface area (Å²) >= 11 is 0. The van der Waals surface area contributed by atoms with Gasteiger partial charge in [0.1, 0.15) is 0 Å². The van der Waals surface area contributed by atoms with Crippen molar-refractivity contribution < 1.29 is 43.2 Å². The fraction of sp³-hybridized carbons (Fsp3) is 1.00. The van der Waals surface area contributed by atoms with Crippen LogP contribution in [0.25, 0.3) is 0 Å². The van der Waals surface area contributed by atoms with E-state index in [2.05, 4.69) is 0 Å². The van der Waals surface area contributed by atoms with Gasteiger partial charge in [-0.3, -0.25) is 0 Å². The largest absolute Gasteiger partial charge is 1.00 e. The first-order chi connectivity index (χ1) is 4.46. The SMILES string of the molecule is CP(=O)([O-])S1(C)CCCO1.[Na+]. The van der Waals surface area contributed by atoms with E-state index >= 15 is 0 Å². The van der Waals surface area contributed by atoms with E-state index in [1.54, 1.807) is 6.26 Å². The van der Waals surface area contributed by atoms with Crippen LogP contribution in [0.2, 0.25) is 0 Å². The second kappa shape index (κ2) is 4.14. The fourth-order valence-electron chi connectivity index (χ4n) is 0.886. The zero-order valence-corrected chi connectivity index (χ0v) is 10.9. The maximum atomic E-state index is 11.1. The molecule has 0 aliphatic carbocycles. The third kappa shape index (κ3) is 2.73. The number of rotatable bonds is 1. The molecule has 2 atom stereocenters. The first-order valence-corrected chi connectivity index (χ1v) is 7.96. The van der Waals surface area contributed by atoms with Gasteiger partial charge in [-0.15, -0.1) is 0 Å². The van der Waals surface area contributed by atoms with E-state index < -0.39 is 16.5 Å². The van der Waals surface area contributed by atoms with Crippen LogP contribution in [0.3, 0.4) is 0 Å². The normalized spacial score (nSPS) is 41.7. The second-order valence-corrected chi connectivity index (χ2v) is 11.0. The van der Waals surface area contributed by atoms with Crippen LogP contribution in [0.1, 0.15) is 6.42 Å². The Morgan fingerprint density at radius 3 is 2.36 bits per heavy atom. The van der Waals surface area contributed by atoms with Crippen LogP contribution in [-0.4, -0.2) is 25.3 Å². The third-order valence-corrected chi connectivity index (χ3v) is 9.90. The molecule has 0 aromatic carbocycles. The Labute approximate surface area is 90.9 Å². The summed E-state index contributed by atoms with van der Waals surface area (Å²) < 4.78 is 16.3. The Bertz CT molecular complexity index is 175. The summed E-state index contributed by atoms with van der Waals surface area (Å²) in [7, 11) is -1.72. The predicted octanol–water partition coefficient (Wildman–Crippen LogP) is -2.06. The average molecular weight is 206 g/mol. The van der Waals surface area contributed by atoms with Gasteiger partial charge in [-0.25, -0.2) is 0 Å². The van der Waals surface area contributed by atoms with Crippen molar-refractivity contribution in [3.63, 3.8) is 0 Å². The van der Waals surface area contributed by atoms with Crippen LogP contribution in [0.15, 0.2) is 0 Å². The molecule has 0 N–H and O–H groups in total. The van der Waals surface area contributed by atoms with Crippen LogP contribution in [0, 0.1) is 0 Å². The third-order valence-electron chi connectivity index (χ3n) is 1.71. The van der Waals surface area contributed by atoms with Crippen molar-refractivity contribution in [3.05, 3.63) is 0 Å². The first-order valence-electron chi connectivity index (χ1n) is 3.15. The molecule has 11 heavy (non-hydrogen) atoms. The standard InChI is InChI=1S/C5H13O3PS.Na/c1-9(6,7)10(2)5-3-4-8-10;/h3-5H2,1-2H3,(H,6,7);/q;+1/p-1. The number of hydrogen-bond acceptors (Lipinski definition) is 3. The molecule has 1 heterocycles. The van der Waals surface area contributed by atoms with E-state index in [9.17, 15) is 9.46 Å². The summed E-state index contributed by atoms with van der Waals surface area (Å²) in [4.78, 5) is 11.1. The van der Waals surface area contributed by atoms with Gasteiger partial charge in [-0.1, -0.05) is 9.93 Å². The van der Waals surface area contributed by atoms with Gasteiger partial charge in [-0.05, 0) is 19.3 Å². The summed E-state index contributed by atoms with van der Waals surface area (Å²) in [5, 5.41) is 0. The molecular formula is C5H12NaO3PS. The maximum absolute atomic E-state index is 11.1. The van der Waals surface area contributed by atoms with Crippen molar-refractivity contribution in [3.8, 4) is 0 Å². The molecule has 0 radical (unpaired) electrons. The molecule has 6 heteroatoms. The summed E-state index contributed by atoms with van der Waals surface area (Å²) in [6.07, 6.45) is 2.62. The summed E-state index contributed by atoms with van der Waals surface area (Å²) in [6.45, 7) is -1.31. The molecule has 3 nitrogen and oxygen atoms in total. The summed E-state index contributed by atoms with van der Waals surface area (Å²) in [5.41, 5.74) is 0. The minimum absolute atomic E-state index is 0. The zero-order valence-electron chi connectivity index (χ0n) is 7.20. The Balaban J connectivity index is 0.000001000. The Morgan fingerprint density at radius 2 is 2.18 bits per heavy atom. The van der Waals surface area contributed by atoms with Gasteiger partial charge in [0.15, 0.2) is 0 Å². The fourth-order valence-corrected chi connectivity index (χ4v) is 4.84. The molecule has 62 valence electrons. The van der Waals surface area contributed by atoms with Crippen molar-refractivity contribution >= 4 is 16.5 Å². The topological polar surface area (TPSA) is 49.4 Å². The van der Waals surface area contributed by atoms with Crippen LogP contribution >= 0.6 is 16.5 Å². The van der Waals surface area contributed by atoms with Gasteiger partial charge >= 0.3 is 29.6 Å². The minimum Gasteiger partial charge on any atom is -0.791 e. The summed E-state index contributed by atoms with van der Waals surface area (Å²) in [5.74, 6) is 0.726. The van der Waals surface area contributed by atoms with Gasteiger partial charge in [0.25, 0.3) is 0 Å². The molecule has 0 spiro atoms. The Kier molecular flexibility index (Phi) is 4.70. The van der Waals surface area contributed by atoms with Crippen molar-refractivity contribution in [2.75, 3.05) is 25.3 Å². The number of hydrogen-bond donors (Lipinski definition) is 0. The van der Waals surface area contributed by atoms with E-state index in [1.165, 1.54) is 6.66 Å². The van der Waals surface area contributed by atoms with Crippen LogP contribution in [0.4, 0.5) is 0 Å². The van der Waals surface area contributed by atoms with Crippen LogP contribution in [-0.2, 0) is 8.75 Å². The van der Waals surface area contributed by atoms with Gasteiger partial charge in [-0.2, -0.15) is 0 Å². The van der Waals surface area contributed by atoms with E-state index in [-0.39, 0.29) is 29.6 Å². The van der Waals surface area contributed by atoms with E-state index in [0.717, 1.165) is 12.2 Å². The van der Waals surface area contributed by atoms with Gasteiger partial charge < -0.3 is 13.6 Å². The molecule has 1 saturated heterocycles. The molecule has 1 fully saturated rings. The first kappa shape index (κ1) is 12.5. The molecular weight excluding hydrogens is 194 g/mol. The van der Waals surface area contributed by atoms with E-state index in [4.69, 9.17) is 4.18 Å². The van der Waals surface area contributed by atoms with Crippen molar-refractivity contribution in [2.24, 2.45) is 0 Å². The minimum atomic E-state index is -3.21. The maximum Gasteiger partial charge on any atom is 1.00 e. The van der Waals surface area contributed by atoms with Gasteiger partial charge in [0, 0.05) is 5.75 Å². The summed E-state index contributed by atoms with van der Waals surface area (Å²) in [6, 6.07) is 0. The van der Waals surface area contributed by atoms with E-state index in [1.807, 2.05) is 0 Å². The molecule has 1 aliphatic heterocycles. The molecule has 0 amide bonds. The Hall–Kier alpha value is 1.50. The monoisotopic (exact) mass is 206 g/mol. The molecule has 0 aromatic rings. The predicted molar refractivity (Wildman–Crippen MR) is 42.5 cm³/mol. The van der Waals surface area contributed by atoms with Crippen molar-refractivity contribution in [1.29, 1.82) is 0 Å². The molecule has 1 rings (SSSR count). The smallest absolute Gasteiger partial charge is 0.791 e. The average Bonchev–Trinajstić information content (AvgIpc) is 2.13. The Morgan fingerprint density at radius 1 is 1.64 bits per heavy atom. The zero-order chi connectivity index (χ0) is 7.83. The molecule has 2 unspecified atom stereocenters. The van der Waals surface area contributed by atoms with Crippen LogP contribution < -0.4 is 34.5 Å². The molecule has 0 bridgehead atoms. The van der Waals surface area contributed by atoms with Gasteiger partial charge in [0.05, 0.1) is 13.2 Å². The van der Waals surface area contributed by atoms with Crippen molar-refractivity contribution in [1.82, 2.24) is 0 Å².